The molecule has 3 rings (SSSR count). The maximum Gasteiger partial charge on any atom is 0.248 e. The lowest BCUT2D eigenvalue weighted by molar-refractivity contribution is 0.100. The fourth-order valence-corrected chi connectivity index (χ4v) is 2.27. The Morgan fingerprint density at radius 1 is 1.00 bits per heavy atom. The number of aromatic nitrogens is 2. The van der Waals surface area contributed by atoms with Crippen molar-refractivity contribution in [2.24, 2.45) is 5.73 Å². The van der Waals surface area contributed by atoms with Crippen molar-refractivity contribution in [1.29, 1.82) is 0 Å². The summed E-state index contributed by atoms with van der Waals surface area (Å²) in [5.41, 5.74) is 9.72. The summed E-state index contributed by atoms with van der Waals surface area (Å²) in [7, 11) is 0. The molecule has 1 heterocycles. The third kappa shape index (κ3) is 5.40. The zero-order valence-electron chi connectivity index (χ0n) is 14.5. The maximum atomic E-state index is 10.5. The Hall–Kier alpha value is -2.72. The van der Waals surface area contributed by atoms with Crippen LogP contribution in [0.3, 0.4) is 0 Å². The van der Waals surface area contributed by atoms with Crippen molar-refractivity contribution in [3.63, 3.8) is 0 Å². The quantitative estimate of drug-likeness (QED) is 0.737. The van der Waals surface area contributed by atoms with Crippen molar-refractivity contribution in [1.82, 2.24) is 9.97 Å². The third-order valence-corrected chi connectivity index (χ3v) is 3.99. The lowest BCUT2D eigenvalue weighted by atomic mass is 10.1. The second kappa shape index (κ2) is 8.40. The van der Waals surface area contributed by atoms with Gasteiger partial charge in [0.25, 0.3) is 0 Å². The van der Waals surface area contributed by atoms with Gasteiger partial charge in [-0.05, 0) is 50.6 Å². The molecule has 0 unspecified atom stereocenters. The Morgan fingerprint density at radius 2 is 1.68 bits per heavy atom. The molecule has 0 saturated heterocycles. The first-order valence-electron chi connectivity index (χ1n) is 7.79. The summed E-state index contributed by atoms with van der Waals surface area (Å²) in [4.78, 5) is 18.9. The van der Waals surface area contributed by atoms with Crippen LogP contribution in [0, 0.1) is 20.8 Å². The number of aryl methyl sites for hydroxylation is 3. The van der Waals surface area contributed by atoms with Crippen molar-refractivity contribution in [3.05, 3.63) is 82.3 Å². The molecular weight excluding hydrogens is 334 g/mol. The van der Waals surface area contributed by atoms with Gasteiger partial charge in [0.05, 0.1) is 5.69 Å². The summed E-state index contributed by atoms with van der Waals surface area (Å²) in [6, 6.07) is 15.0. The van der Waals surface area contributed by atoms with Crippen LogP contribution < -0.4 is 5.73 Å². The van der Waals surface area contributed by atoms with Gasteiger partial charge in [-0.3, -0.25) is 4.79 Å². The molecule has 3 aromatic rings. The van der Waals surface area contributed by atoms with Crippen LogP contribution in [0.4, 0.5) is 0 Å². The summed E-state index contributed by atoms with van der Waals surface area (Å²) in [6.45, 7) is 5.82. The van der Waals surface area contributed by atoms with Crippen molar-refractivity contribution >= 4 is 17.5 Å². The average molecular weight is 354 g/mol. The summed E-state index contributed by atoms with van der Waals surface area (Å²) >= 11 is 6.06. The number of primary amides is 1. The van der Waals surface area contributed by atoms with Crippen LogP contribution in [0.25, 0.3) is 11.3 Å². The molecule has 0 fully saturated rings. The Labute approximate surface area is 152 Å². The molecule has 1 amide bonds. The Balaban J connectivity index is 0.000000196. The number of benzene rings is 2. The first-order chi connectivity index (χ1) is 11.9. The number of nitrogens with zero attached hydrogens (tertiary/aromatic N) is 2. The number of hydrogen-bond acceptors (Lipinski definition) is 3. The van der Waals surface area contributed by atoms with Crippen LogP contribution >= 0.6 is 11.6 Å². The zero-order chi connectivity index (χ0) is 18.4. The van der Waals surface area contributed by atoms with Gasteiger partial charge in [-0.2, -0.15) is 0 Å². The third-order valence-electron chi connectivity index (χ3n) is 3.58. The molecule has 2 N–H and O–H groups in total. The highest BCUT2D eigenvalue weighted by molar-refractivity contribution is 6.31. The van der Waals surface area contributed by atoms with Crippen molar-refractivity contribution in [3.8, 4) is 11.3 Å². The van der Waals surface area contributed by atoms with E-state index in [-0.39, 0.29) is 5.91 Å². The minimum Gasteiger partial charge on any atom is -0.366 e. The van der Waals surface area contributed by atoms with Crippen LogP contribution in [-0.4, -0.2) is 15.9 Å². The maximum absolute atomic E-state index is 10.5. The summed E-state index contributed by atoms with van der Waals surface area (Å²) < 4.78 is 0. The van der Waals surface area contributed by atoms with Gasteiger partial charge in [0.15, 0.2) is 0 Å². The predicted molar refractivity (Wildman–Crippen MR) is 102 cm³/mol. The number of hydrogen-bond donors (Lipinski definition) is 1. The second-order valence-corrected chi connectivity index (χ2v) is 6.09. The minimum atomic E-state index is -0.375. The molecule has 0 aliphatic rings. The molecule has 0 atom stereocenters. The molecule has 0 saturated carbocycles. The molecule has 4 nitrogen and oxygen atoms in total. The molecule has 128 valence electrons. The van der Waals surface area contributed by atoms with E-state index in [0.29, 0.717) is 5.56 Å². The molecule has 0 spiro atoms. The number of carbonyl (C=O) groups excluding carboxylic acids is 1. The summed E-state index contributed by atoms with van der Waals surface area (Å²) in [5.74, 6) is 0.393. The fraction of sp³-hybridized carbons (Fsp3) is 0.150. The van der Waals surface area contributed by atoms with Gasteiger partial charge >= 0.3 is 0 Å². The zero-order valence-corrected chi connectivity index (χ0v) is 15.2. The van der Waals surface area contributed by atoms with E-state index in [1.807, 2.05) is 57.2 Å². The number of rotatable bonds is 2. The number of halogens is 1. The van der Waals surface area contributed by atoms with Gasteiger partial charge in [-0.25, -0.2) is 9.97 Å². The van der Waals surface area contributed by atoms with Crippen molar-refractivity contribution < 1.29 is 4.79 Å². The van der Waals surface area contributed by atoms with Gasteiger partial charge in [0.1, 0.15) is 5.82 Å². The van der Waals surface area contributed by atoms with E-state index in [9.17, 15) is 4.79 Å². The van der Waals surface area contributed by atoms with E-state index in [4.69, 9.17) is 17.3 Å². The Morgan fingerprint density at radius 3 is 2.24 bits per heavy atom. The average Bonchev–Trinajstić information content (AvgIpc) is 2.58. The topological polar surface area (TPSA) is 68.9 Å². The first-order valence-corrected chi connectivity index (χ1v) is 8.17. The van der Waals surface area contributed by atoms with E-state index in [2.05, 4.69) is 9.97 Å². The first kappa shape index (κ1) is 18.6. The van der Waals surface area contributed by atoms with Gasteiger partial charge in [0.2, 0.25) is 5.91 Å². The van der Waals surface area contributed by atoms with Gasteiger partial charge in [-0.15, -0.1) is 0 Å². The van der Waals surface area contributed by atoms with Gasteiger partial charge in [-0.1, -0.05) is 41.4 Å². The van der Waals surface area contributed by atoms with Crippen LogP contribution in [0.2, 0.25) is 5.02 Å². The lowest BCUT2D eigenvalue weighted by Crippen LogP contribution is -2.10. The van der Waals surface area contributed by atoms with Crippen LogP contribution in [0.15, 0.2) is 54.7 Å². The summed E-state index contributed by atoms with van der Waals surface area (Å²) in [6.07, 6.45) is 1.76. The fourth-order valence-electron chi connectivity index (χ4n) is 2.09. The molecule has 0 aliphatic heterocycles. The minimum absolute atomic E-state index is 0.375. The van der Waals surface area contributed by atoms with E-state index < -0.39 is 0 Å². The Bertz CT molecular complexity index is 876. The van der Waals surface area contributed by atoms with Crippen LogP contribution in [0.5, 0.6) is 0 Å². The second-order valence-electron chi connectivity index (χ2n) is 5.68. The SMILES string of the molecule is Cc1ccc(C(N)=O)cc1.Cc1nccc(-c2ccc(C)c(Cl)c2)n1. The summed E-state index contributed by atoms with van der Waals surface area (Å²) in [5, 5.41) is 0.767. The molecule has 2 aromatic carbocycles. The number of amides is 1. The molecule has 0 bridgehead atoms. The standard InChI is InChI=1S/C12H11ClN2.C8H9NO/c1-8-3-4-10(7-11(8)13)12-5-6-14-9(2)15-12;1-6-2-4-7(5-3-6)8(9)10/h3-7H,1-2H3;2-5H,1H3,(H2,9,10). The van der Waals surface area contributed by atoms with E-state index >= 15 is 0 Å². The lowest BCUT2D eigenvalue weighted by Gasteiger charge is -2.03. The van der Waals surface area contributed by atoms with E-state index in [1.165, 1.54) is 0 Å². The molecule has 5 heteroatoms. The largest absolute Gasteiger partial charge is 0.366 e. The van der Waals surface area contributed by atoms with E-state index in [1.54, 1.807) is 18.3 Å². The van der Waals surface area contributed by atoms with Gasteiger partial charge < -0.3 is 5.73 Å². The van der Waals surface area contributed by atoms with Crippen LogP contribution in [0.1, 0.15) is 27.3 Å². The molecule has 1 aromatic heterocycles. The smallest absolute Gasteiger partial charge is 0.248 e. The highest BCUT2D eigenvalue weighted by atomic mass is 35.5. The monoisotopic (exact) mass is 353 g/mol. The molecule has 0 radical (unpaired) electrons. The van der Waals surface area contributed by atoms with Crippen molar-refractivity contribution in [2.45, 2.75) is 20.8 Å². The van der Waals surface area contributed by atoms with Gasteiger partial charge in [0, 0.05) is 22.3 Å². The van der Waals surface area contributed by atoms with E-state index in [0.717, 1.165) is 33.2 Å². The highest BCUT2D eigenvalue weighted by Gasteiger charge is 2.02. The predicted octanol–water partition coefficient (Wildman–Crippen LogP) is 4.51. The molecule has 25 heavy (non-hydrogen) atoms. The molecular formula is C20H20ClN3O. The Kier molecular flexibility index (Phi) is 6.25. The number of carbonyl (C=O) groups is 1. The normalized spacial score (nSPS) is 9.92. The molecule has 0 aliphatic carbocycles. The number of nitrogens with two attached hydrogens (primary N) is 1. The van der Waals surface area contributed by atoms with Crippen molar-refractivity contribution in [2.75, 3.05) is 0 Å². The highest BCUT2D eigenvalue weighted by Crippen LogP contribution is 2.23. The van der Waals surface area contributed by atoms with Crippen LogP contribution in [-0.2, 0) is 0 Å².